The van der Waals surface area contributed by atoms with E-state index in [1.54, 1.807) is 24.3 Å². The summed E-state index contributed by atoms with van der Waals surface area (Å²) in [5.41, 5.74) is 0.359. The number of carbonyl (C=O) groups excluding carboxylic acids is 1. The van der Waals surface area contributed by atoms with E-state index in [0.717, 1.165) is 0 Å². The zero-order valence-corrected chi connectivity index (χ0v) is 18.6. The number of fused-ring (bicyclic) bond motifs is 2. The molecule has 3 heterocycles. The van der Waals surface area contributed by atoms with Gasteiger partial charge in [-0.1, -0.05) is 12.1 Å². The van der Waals surface area contributed by atoms with E-state index in [-0.39, 0.29) is 41.3 Å². The number of benzene rings is 2. The van der Waals surface area contributed by atoms with E-state index in [4.69, 9.17) is 13.9 Å². The van der Waals surface area contributed by atoms with Crippen molar-refractivity contribution in [3.8, 4) is 17.2 Å². The van der Waals surface area contributed by atoms with E-state index < -0.39 is 39.6 Å². The van der Waals surface area contributed by atoms with Gasteiger partial charge in [0.15, 0.2) is 26.8 Å². The molecule has 3 aromatic rings. The lowest BCUT2D eigenvalue weighted by molar-refractivity contribution is -0.122. The number of sulfone groups is 1. The lowest BCUT2D eigenvalue weighted by atomic mass is 9.87. The molecule has 1 aromatic heterocycles. The molecule has 3 N–H and O–H groups in total. The van der Waals surface area contributed by atoms with Crippen LogP contribution < -0.4 is 20.2 Å². The second kappa shape index (κ2) is 8.33. The summed E-state index contributed by atoms with van der Waals surface area (Å²) in [6, 6.07) is 8.53. The number of aliphatic hydroxyl groups excluding tert-OH is 1. The number of nitrogens with one attached hydrogen (secondary N) is 1. The highest BCUT2D eigenvalue weighted by Gasteiger charge is 2.38. The Hall–Kier alpha value is -3.57. The number of carbonyl (C=O) groups is 1. The Morgan fingerprint density at radius 2 is 1.85 bits per heavy atom. The van der Waals surface area contributed by atoms with Crippen molar-refractivity contribution in [3.05, 3.63) is 64.0 Å². The Morgan fingerprint density at radius 3 is 2.59 bits per heavy atom. The molecule has 34 heavy (non-hydrogen) atoms. The molecule has 0 spiro atoms. The van der Waals surface area contributed by atoms with E-state index in [0.29, 0.717) is 22.5 Å². The first-order chi connectivity index (χ1) is 16.2. The van der Waals surface area contributed by atoms with E-state index >= 15 is 0 Å². The van der Waals surface area contributed by atoms with Gasteiger partial charge in [-0.15, -0.1) is 0 Å². The predicted molar refractivity (Wildman–Crippen MR) is 120 cm³/mol. The first-order valence-electron chi connectivity index (χ1n) is 10.5. The number of phenolic OH excluding ortho intramolecular Hbond substituents is 1. The van der Waals surface area contributed by atoms with Gasteiger partial charge in [0.25, 0.3) is 0 Å². The van der Waals surface area contributed by atoms with Crippen molar-refractivity contribution in [1.82, 2.24) is 5.32 Å². The minimum atomic E-state index is -3.47. The Morgan fingerprint density at radius 1 is 1.12 bits per heavy atom. The van der Waals surface area contributed by atoms with E-state index in [9.17, 15) is 28.2 Å². The fourth-order valence-electron chi connectivity index (χ4n) is 4.36. The number of aliphatic hydroxyl groups is 1. The van der Waals surface area contributed by atoms with Gasteiger partial charge in [0.05, 0.1) is 35.3 Å². The first kappa shape index (κ1) is 22.2. The fourth-order valence-corrected chi connectivity index (χ4v) is 6.11. The van der Waals surface area contributed by atoms with Gasteiger partial charge in [0.1, 0.15) is 11.3 Å². The summed E-state index contributed by atoms with van der Waals surface area (Å²) in [6.07, 6.45) is -0.293. The van der Waals surface area contributed by atoms with Gasteiger partial charge in [-0.2, -0.15) is 0 Å². The van der Waals surface area contributed by atoms with E-state index in [1.165, 1.54) is 18.4 Å². The van der Waals surface area contributed by atoms with Gasteiger partial charge in [-0.05, 0) is 18.2 Å². The largest absolute Gasteiger partial charge is 0.508 e. The highest BCUT2D eigenvalue weighted by molar-refractivity contribution is 7.91. The van der Waals surface area contributed by atoms with Crippen LogP contribution in [0.25, 0.3) is 11.0 Å². The summed E-state index contributed by atoms with van der Waals surface area (Å²) >= 11 is 0. The number of rotatable bonds is 5. The summed E-state index contributed by atoms with van der Waals surface area (Å²) < 4.78 is 39.9. The van der Waals surface area contributed by atoms with Gasteiger partial charge in [-0.25, -0.2) is 8.42 Å². The molecule has 0 bridgehead atoms. The molecule has 0 saturated carbocycles. The molecule has 2 aliphatic rings. The maximum atomic E-state index is 13.3. The third-order valence-corrected chi connectivity index (χ3v) is 7.75. The molecule has 1 saturated heterocycles. The number of phenols is 1. The van der Waals surface area contributed by atoms with Crippen LogP contribution >= 0.6 is 0 Å². The summed E-state index contributed by atoms with van der Waals surface area (Å²) in [5.74, 6) is -1.90. The van der Waals surface area contributed by atoms with Crippen molar-refractivity contribution in [2.75, 3.05) is 18.3 Å². The highest BCUT2D eigenvalue weighted by atomic mass is 32.2. The maximum Gasteiger partial charge on any atom is 0.231 e. The average molecular weight is 487 g/mol. The number of aromatic hydroxyl groups is 1. The van der Waals surface area contributed by atoms with Crippen LogP contribution in [0.15, 0.2) is 51.9 Å². The number of ether oxygens (including phenoxy) is 2. The molecule has 1 unspecified atom stereocenters. The van der Waals surface area contributed by atoms with E-state index in [2.05, 4.69) is 5.32 Å². The van der Waals surface area contributed by atoms with Crippen LogP contribution in [-0.4, -0.2) is 55.0 Å². The monoisotopic (exact) mass is 487 g/mol. The van der Waals surface area contributed by atoms with E-state index in [1.807, 2.05) is 0 Å². The van der Waals surface area contributed by atoms with Crippen LogP contribution in [0, 0.1) is 0 Å². The second-order valence-electron chi connectivity index (χ2n) is 8.36. The molecule has 1 amide bonds. The quantitative estimate of drug-likeness (QED) is 0.479. The average Bonchev–Trinajstić information content (AvgIpc) is 3.34. The Balaban J connectivity index is 1.54. The van der Waals surface area contributed by atoms with Gasteiger partial charge in [-0.3, -0.25) is 9.59 Å². The van der Waals surface area contributed by atoms with Crippen LogP contribution in [0.4, 0.5) is 0 Å². The molecule has 5 rings (SSSR count). The van der Waals surface area contributed by atoms with Crippen LogP contribution in [0.3, 0.4) is 0 Å². The normalized spacial score (nSPS) is 21.4. The third kappa shape index (κ3) is 4.08. The topological polar surface area (TPSA) is 152 Å². The smallest absolute Gasteiger partial charge is 0.231 e. The van der Waals surface area contributed by atoms with Gasteiger partial charge < -0.3 is 29.4 Å². The summed E-state index contributed by atoms with van der Waals surface area (Å²) in [5, 5.41) is 23.6. The SMILES string of the molecule is O=C(CC(c1cc2c(cc1O)OCO2)c1coc2ccccc2c1=O)N[C@H]1CS(=O)(=O)C[C@H]1O. The zero-order chi connectivity index (χ0) is 24.0. The maximum absolute atomic E-state index is 13.3. The fraction of sp³-hybridized carbons (Fsp3) is 0.304. The van der Waals surface area contributed by atoms with Crippen LogP contribution in [0.5, 0.6) is 17.2 Å². The van der Waals surface area contributed by atoms with Crippen LogP contribution in [-0.2, 0) is 14.6 Å². The van der Waals surface area contributed by atoms with Gasteiger partial charge >= 0.3 is 0 Å². The second-order valence-corrected chi connectivity index (χ2v) is 10.5. The van der Waals surface area contributed by atoms with Crippen molar-refractivity contribution in [2.45, 2.75) is 24.5 Å². The first-order valence-corrected chi connectivity index (χ1v) is 12.3. The van der Waals surface area contributed by atoms with Crippen molar-refractivity contribution in [2.24, 2.45) is 0 Å². The van der Waals surface area contributed by atoms with Crippen molar-refractivity contribution < 1.29 is 37.3 Å². The lowest BCUT2D eigenvalue weighted by Crippen LogP contribution is -2.43. The number of para-hydroxylation sites is 1. The molecular formula is C23H21NO9S. The molecule has 1 fully saturated rings. The minimum Gasteiger partial charge on any atom is -0.508 e. The molecule has 3 atom stereocenters. The Kier molecular flexibility index (Phi) is 5.45. The molecule has 10 nitrogen and oxygen atoms in total. The molecule has 2 aliphatic heterocycles. The zero-order valence-electron chi connectivity index (χ0n) is 17.8. The van der Waals surface area contributed by atoms with Crippen molar-refractivity contribution >= 4 is 26.7 Å². The molecule has 11 heteroatoms. The summed E-state index contributed by atoms with van der Waals surface area (Å²) in [4.78, 5) is 26.2. The minimum absolute atomic E-state index is 0.0322. The molecule has 2 aromatic carbocycles. The number of hydrogen-bond acceptors (Lipinski definition) is 9. The highest BCUT2D eigenvalue weighted by Crippen LogP contribution is 2.42. The molecule has 0 aliphatic carbocycles. The Bertz CT molecular complexity index is 1450. The predicted octanol–water partition coefficient (Wildman–Crippen LogP) is 1.02. The summed E-state index contributed by atoms with van der Waals surface area (Å²) in [6.45, 7) is -0.0322. The molecule has 178 valence electrons. The van der Waals surface area contributed by atoms with Gasteiger partial charge in [0.2, 0.25) is 12.7 Å². The van der Waals surface area contributed by atoms with Crippen molar-refractivity contribution in [1.29, 1.82) is 0 Å². The number of amides is 1. The van der Waals surface area contributed by atoms with Gasteiger partial charge in [0, 0.05) is 29.5 Å². The summed E-state index contributed by atoms with van der Waals surface area (Å²) in [7, 11) is -3.47. The number of hydrogen-bond donors (Lipinski definition) is 3. The molecular weight excluding hydrogens is 466 g/mol. The molecule has 0 radical (unpaired) electrons. The van der Waals surface area contributed by atoms with Crippen LogP contribution in [0.1, 0.15) is 23.5 Å². The lowest BCUT2D eigenvalue weighted by Gasteiger charge is -2.21. The van der Waals surface area contributed by atoms with Crippen LogP contribution in [0.2, 0.25) is 0 Å². The third-order valence-electron chi connectivity index (χ3n) is 6.04. The van der Waals surface area contributed by atoms with Crippen molar-refractivity contribution in [3.63, 3.8) is 0 Å². The standard InChI is InChI=1S/C23H21NO9S/c25-17-7-21-20(32-11-33-21)5-14(17)13(6-22(27)24-16-9-34(29,30)10-18(16)26)15-8-31-19-4-2-1-3-12(19)23(15)28/h1-5,7-8,13,16,18,25-26H,6,9-11H2,(H,24,27)/t13?,16-,18+/m0/s1. The Labute approximate surface area is 193 Å².